The molecule has 3 rings (SSSR count). The number of rotatable bonds is 8. The van der Waals surface area contributed by atoms with Gasteiger partial charge in [0.05, 0.1) is 17.7 Å². The normalized spacial score (nSPS) is 12.8. The zero-order chi connectivity index (χ0) is 24.9. The van der Waals surface area contributed by atoms with Crippen molar-refractivity contribution in [3.63, 3.8) is 0 Å². The van der Waals surface area contributed by atoms with Crippen LogP contribution in [-0.4, -0.2) is 27.6 Å². The monoisotopic (exact) mass is 460 g/mol. The Morgan fingerprint density at radius 2 is 1.47 bits per heavy atom. The lowest BCUT2D eigenvalue weighted by atomic mass is 9.83. The van der Waals surface area contributed by atoms with E-state index in [0.717, 1.165) is 17.7 Å². The van der Waals surface area contributed by atoms with Crippen LogP contribution >= 0.6 is 0 Å². The number of amides is 2. The van der Waals surface area contributed by atoms with Crippen molar-refractivity contribution in [3.05, 3.63) is 83.6 Å². The number of aromatic nitrogens is 2. The number of carbonyl (C=O) groups is 2. The maximum absolute atomic E-state index is 13.0. The number of benzene rings is 2. The standard InChI is InChI=1S/C28H36N4O2/c1-20(29-25(33)17-21-13-9-7-10-14-21)26(34)30-24-18-23(31-32(24)27(2,3)4)28(5,6)19-22-15-11-8-12-16-22/h7-16,18,20H,17,19H2,1-6H3,(H,29,33)(H,30,34). The largest absolute Gasteiger partial charge is 0.344 e. The summed E-state index contributed by atoms with van der Waals surface area (Å²) in [6.45, 7) is 12.2. The van der Waals surface area contributed by atoms with Crippen molar-refractivity contribution in [2.45, 2.75) is 71.4 Å². The van der Waals surface area contributed by atoms with Gasteiger partial charge in [-0.05, 0) is 45.2 Å². The molecule has 180 valence electrons. The average molecular weight is 461 g/mol. The van der Waals surface area contributed by atoms with Gasteiger partial charge in [-0.15, -0.1) is 0 Å². The smallest absolute Gasteiger partial charge is 0.247 e. The van der Waals surface area contributed by atoms with Crippen LogP contribution in [0.3, 0.4) is 0 Å². The zero-order valence-corrected chi connectivity index (χ0v) is 21.1. The van der Waals surface area contributed by atoms with Crippen molar-refractivity contribution >= 4 is 17.6 Å². The first-order valence-corrected chi connectivity index (χ1v) is 11.7. The minimum absolute atomic E-state index is 0.192. The lowest BCUT2D eigenvalue weighted by Crippen LogP contribution is -2.42. The van der Waals surface area contributed by atoms with Crippen LogP contribution in [0.4, 0.5) is 5.82 Å². The van der Waals surface area contributed by atoms with E-state index in [0.29, 0.717) is 5.82 Å². The molecule has 0 aliphatic carbocycles. The van der Waals surface area contributed by atoms with Gasteiger partial charge in [0.1, 0.15) is 11.9 Å². The summed E-state index contributed by atoms with van der Waals surface area (Å²) in [6, 6.07) is 21.1. The molecule has 6 nitrogen and oxygen atoms in total. The van der Waals surface area contributed by atoms with Crippen molar-refractivity contribution in [1.29, 1.82) is 0 Å². The number of nitrogens with one attached hydrogen (secondary N) is 2. The molecule has 0 aliphatic heterocycles. The Bertz CT molecular complexity index is 1110. The van der Waals surface area contributed by atoms with E-state index in [9.17, 15) is 9.59 Å². The fourth-order valence-electron chi connectivity index (χ4n) is 3.88. The van der Waals surface area contributed by atoms with Gasteiger partial charge in [0.2, 0.25) is 11.8 Å². The van der Waals surface area contributed by atoms with E-state index in [-0.39, 0.29) is 29.2 Å². The molecule has 0 bridgehead atoms. The topological polar surface area (TPSA) is 76.0 Å². The average Bonchev–Trinajstić information content (AvgIpc) is 3.20. The molecule has 6 heteroatoms. The molecule has 1 unspecified atom stereocenters. The fraction of sp³-hybridized carbons (Fsp3) is 0.393. The van der Waals surface area contributed by atoms with Crippen LogP contribution in [0, 0.1) is 0 Å². The molecule has 0 saturated carbocycles. The molecule has 1 heterocycles. The van der Waals surface area contributed by atoms with E-state index in [1.807, 2.05) is 59.3 Å². The van der Waals surface area contributed by atoms with Gasteiger partial charge in [0.15, 0.2) is 0 Å². The molecule has 0 radical (unpaired) electrons. The van der Waals surface area contributed by atoms with Crippen molar-refractivity contribution in [1.82, 2.24) is 15.1 Å². The minimum Gasteiger partial charge on any atom is -0.344 e. The molecule has 1 atom stereocenters. The Balaban J connectivity index is 1.74. The number of hydrogen-bond acceptors (Lipinski definition) is 3. The van der Waals surface area contributed by atoms with E-state index in [1.54, 1.807) is 6.92 Å². The van der Waals surface area contributed by atoms with Gasteiger partial charge in [0.25, 0.3) is 0 Å². The Labute approximate surface area is 202 Å². The van der Waals surface area contributed by atoms with Crippen LogP contribution < -0.4 is 10.6 Å². The first-order valence-electron chi connectivity index (χ1n) is 11.7. The summed E-state index contributed by atoms with van der Waals surface area (Å²) in [4.78, 5) is 25.4. The summed E-state index contributed by atoms with van der Waals surface area (Å²) in [5.41, 5.74) is 2.49. The van der Waals surface area contributed by atoms with Crippen LogP contribution in [0.15, 0.2) is 66.7 Å². The second kappa shape index (κ2) is 10.2. The molecule has 0 fully saturated rings. The summed E-state index contributed by atoms with van der Waals surface area (Å²) < 4.78 is 1.85. The lowest BCUT2D eigenvalue weighted by Gasteiger charge is -2.24. The SMILES string of the molecule is CC(NC(=O)Cc1ccccc1)C(=O)Nc1cc(C(C)(C)Cc2ccccc2)nn1C(C)(C)C. The number of nitrogens with zero attached hydrogens (tertiary/aromatic N) is 2. The summed E-state index contributed by atoms with van der Waals surface area (Å²) in [5, 5.41) is 10.7. The van der Waals surface area contributed by atoms with Gasteiger partial charge in [-0.3, -0.25) is 9.59 Å². The molecule has 0 aliphatic rings. The molecule has 2 N–H and O–H groups in total. The number of carbonyl (C=O) groups excluding carboxylic acids is 2. The molecule has 0 saturated heterocycles. The van der Waals surface area contributed by atoms with Crippen LogP contribution in [0.5, 0.6) is 0 Å². The highest BCUT2D eigenvalue weighted by Gasteiger charge is 2.30. The van der Waals surface area contributed by atoms with E-state index in [4.69, 9.17) is 5.10 Å². The van der Waals surface area contributed by atoms with Crippen molar-refractivity contribution in [3.8, 4) is 0 Å². The zero-order valence-electron chi connectivity index (χ0n) is 21.1. The highest BCUT2D eigenvalue weighted by molar-refractivity contribution is 5.96. The van der Waals surface area contributed by atoms with Gasteiger partial charge in [-0.25, -0.2) is 4.68 Å². The Kier molecular flexibility index (Phi) is 7.60. The van der Waals surface area contributed by atoms with Gasteiger partial charge < -0.3 is 10.6 Å². The third-order valence-corrected chi connectivity index (χ3v) is 5.76. The third-order valence-electron chi connectivity index (χ3n) is 5.76. The first kappa shape index (κ1) is 25.2. The molecule has 1 aromatic heterocycles. The Hall–Kier alpha value is -3.41. The third kappa shape index (κ3) is 6.56. The van der Waals surface area contributed by atoms with E-state index in [1.165, 1.54) is 5.56 Å². The predicted molar refractivity (Wildman–Crippen MR) is 137 cm³/mol. The van der Waals surface area contributed by atoms with Gasteiger partial charge in [-0.1, -0.05) is 74.5 Å². The van der Waals surface area contributed by atoms with Crippen molar-refractivity contribution in [2.24, 2.45) is 0 Å². The molecule has 3 aromatic rings. The van der Waals surface area contributed by atoms with Crippen LogP contribution in [0.25, 0.3) is 0 Å². The highest BCUT2D eigenvalue weighted by Crippen LogP contribution is 2.31. The van der Waals surface area contributed by atoms with Gasteiger partial charge in [0, 0.05) is 11.5 Å². The summed E-state index contributed by atoms with van der Waals surface area (Å²) in [6.07, 6.45) is 1.06. The van der Waals surface area contributed by atoms with E-state index >= 15 is 0 Å². The Morgan fingerprint density at radius 3 is 2.03 bits per heavy atom. The second-order valence-corrected chi connectivity index (χ2v) is 10.5. The fourth-order valence-corrected chi connectivity index (χ4v) is 3.88. The molecular formula is C28H36N4O2. The van der Waals surface area contributed by atoms with Gasteiger partial charge >= 0.3 is 0 Å². The molecule has 2 amide bonds. The van der Waals surface area contributed by atoms with Crippen molar-refractivity contribution < 1.29 is 9.59 Å². The van der Waals surface area contributed by atoms with Crippen LogP contribution in [0.1, 0.15) is 58.4 Å². The maximum Gasteiger partial charge on any atom is 0.247 e. The Morgan fingerprint density at radius 1 is 0.912 bits per heavy atom. The predicted octanol–water partition coefficient (Wildman–Crippen LogP) is 4.84. The first-order chi connectivity index (χ1) is 16.0. The summed E-state index contributed by atoms with van der Waals surface area (Å²) in [5.74, 6) is 0.153. The number of hydrogen-bond donors (Lipinski definition) is 2. The van der Waals surface area contributed by atoms with Gasteiger partial charge in [-0.2, -0.15) is 5.10 Å². The highest BCUT2D eigenvalue weighted by atomic mass is 16.2. The lowest BCUT2D eigenvalue weighted by molar-refractivity contribution is -0.125. The second-order valence-electron chi connectivity index (χ2n) is 10.5. The van der Waals surface area contributed by atoms with Crippen molar-refractivity contribution in [2.75, 3.05) is 5.32 Å². The maximum atomic E-state index is 13.0. The summed E-state index contributed by atoms with van der Waals surface area (Å²) >= 11 is 0. The molecular weight excluding hydrogens is 424 g/mol. The quantitative estimate of drug-likeness (QED) is 0.505. The number of anilines is 1. The van der Waals surface area contributed by atoms with Crippen LogP contribution in [0.2, 0.25) is 0 Å². The van der Waals surface area contributed by atoms with E-state index < -0.39 is 6.04 Å². The van der Waals surface area contributed by atoms with E-state index in [2.05, 4.69) is 57.4 Å². The molecule has 0 spiro atoms. The summed E-state index contributed by atoms with van der Waals surface area (Å²) in [7, 11) is 0. The minimum atomic E-state index is -0.680. The molecule has 2 aromatic carbocycles. The van der Waals surface area contributed by atoms with Crippen LogP contribution in [-0.2, 0) is 33.4 Å². The molecule has 34 heavy (non-hydrogen) atoms.